The van der Waals surface area contributed by atoms with Crippen LogP contribution in [0.25, 0.3) is 16.8 Å². The minimum atomic E-state index is -0.529. The average Bonchev–Trinajstić information content (AvgIpc) is 2.41. The van der Waals surface area contributed by atoms with Gasteiger partial charge in [0.1, 0.15) is 6.54 Å². The minimum Gasteiger partial charge on any atom is -0.468 e. The number of carbonyl (C=O) groups is 1. The average molecular weight is 323 g/mol. The van der Waals surface area contributed by atoms with E-state index < -0.39 is 5.97 Å². The van der Waals surface area contributed by atoms with Crippen LogP contribution in [0, 0.1) is 0 Å². The molecule has 2 rings (SSSR count). The van der Waals surface area contributed by atoms with Gasteiger partial charge in [0.25, 0.3) is 5.56 Å². The summed E-state index contributed by atoms with van der Waals surface area (Å²) < 4.78 is 6.41. The van der Waals surface area contributed by atoms with E-state index >= 15 is 0 Å². The number of nitrogens with zero attached hydrogens (tertiary/aromatic N) is 2. The number of hydrogen-bond donors (Lipinski definition) is 0. The number of halogens is 1. The first-order chi connectivity index (χ1) is 9.06. The van der Waals surface area contributed by atoms with E-state index in [2.05, 4.69) is 32.3 Å². The quantitative estimate of drug-likeness (QED) is 0.811. The lowest BCUT2D eigenvalue weighted by molar-refractivity contribution is -0.141. The number of carbonyl (C=O) groups excluding carboxylic acids is 1. The van der Waals surface area contributed by atoms with Gasteiger partial charge in [-0.15, -0.1) is 0 Å². The van der Waals surface area contributed by atoms with Crippen LogP contribution in [0.1, 0.15) is 5.69 Å². The Bertz CT molecular complexity index is 722. The molecule has 0 amide bonds. The summed E-state index contributed by atoms with van der Waals surface area (Å²) in [4.78, 5) is 23.5. The summed E-state index contributed by atoms with van der Waals surface area (Å²) in [6.07, 6.45) is 1.55. The van der Waals surface area contributed by atoms with E-state index in [1.54, 1.807) is 18.2 Å². The predicted octanol–water partition coefficient (Wildman–Crippen LogP) is 1.98. The smallest absolute Gasteiger partial charge is 0.327 e. The summed E-state index contributed by atoms with van der Waals surface area (Å²) in [5.41, 5.74) is 0.207. The molecule has 0 atom stereocenters. The molecule has 0 radical (unpaired) electrons. The standard InChI is InChI=1S/C13H11BrN2O3/c1-3-11-9-5-4-8(14)6-10(9)13(18)16(15-11)7-12(17)19-2/h3-6H,1,7H2,2H3. The molecule has 0 aliphatic rings. The minimum absolute atomic E-state index is 0.224. The molecule has 0 N–H and O–H groups in total. The molecule has 0 spiro atoms. The lowest BCUT2D eigenvalue weighted by atomic mass is 10.1. The molecule has 5 nitrogen and oxygen atoms in total. The first kappa shape index (κ1) is 13.5. The van der Waals surface area contributed by atoms with Crippen molar-refractivity contribution in [2.45, 2.75) is 6.54 Å². The molecule has 1 aromatic heterocycles. The van der Waals surface area contributed by atoms with E-state index in [1.165, 1.54) is 7.11 Å². The van der Waals surface area contributed by atoms with Gasteiger partial charge in [-0.3, -0.25) is 9.59 Å². The Hall–Kier alpha value is -1.95. The molecule has 6 heteroatoms. The van der Waals surface area contributed by atoms with E-state index in [1.807, 2.05) is 6.07 Å². The second-order valence-electron chi connectivity index (χ2n) is 3.82. The largest absolute Gasteiger partial charge is 0.468 e. The number of rotatable bonds is 3. The topological polar surface area (TPSA) is 61.2 Å². The highest BCUT2D eigenvalue weighted by Crippen LogP contribution is 2.19. The molecular formula is C13H11BrN2O3. The van der Waals surface area contributed by atoms with Crippen LogP contribution in [0.2, 0.25) is 0 Å². The molecule has 0 saturated carbocycles. The van der Waals surface area contributed by atoms with Crippen molar-refractivity contribution < 1.29 is 9.53 Å². The van der Waals surface area contributed by atoms with Crippen molar-refractivity contribution in [3.63, 3.8) is 0 Å². The first-order valence-corrected chi connectivity index (χ1v) is 6.25. The summed E-state index contributed by atoms with van der Waals surface area (Å²) in [6.45, 7) is 3.44. The molecule has 0 unspecified atom stereocenters. The van der Waals surface area contributed by atoms with Crippen LogP contribution in [0.4, 0.5) is 0 Å². The number of methoxy groups -OCH3 is 1. The van der Waals surface area contributed by atoms with Gasteiger partial charge in [0.2, 0.25) is 0 Å². The molecule has 1 heterocycles. The highest BCUT2D eigenvalue weighted by atomic mass is 79.9. The van der Waals surface area contributed by atoms with Crippen molar-refractivity contribution in [2.24, 2.45) is 0 Å². The number of esters is 1. The van der Waals surface area contributed by atoms with E-state index in [9.17, 15) is 9.59 Å². The number of fused-ring (bicyclic) bond motifs is 1. The maximum absolute atomic E-state index is 12.2. The summed E-state index contributed by atoms with van der Waals surface area (Å²) >= 11 is 3.32. The lowest BCUT2D eigenvalue weighted by Crippen LogP contribution is -2.28. The van der Waals surface area contributed by atoms with Gasteiger partial charge in [-0.25, -0.2) is 4.68 Å². The second kappa shape index (κ2) is 5.36. The van der Waals surface area contributed by atoms with E-state index in [-0.39, 0.29) is 12.1 Å². The molecule has 0 fully saturated rings. The third-order valence-electron chi connectivity index (χ3n) is 2.65. The molecular weight excluding hydrogens is 312 g/mol. The van der Waals surface area contributed by atoms with E-state index in [4.69, 9.17) is 0 Å². The molecule has 0 aliphatic heterocycles. The Morgan fingerprint density at radius 1 is 1.53 bits per heavy atom. The molecule has 2 aromatic rings. The van der Waals surface area contributed by atoms with Gasteiger partial charge < -0.3 is 4.74 Å². The van der Waals surface area contributed by atoms with Gasteiger partial charge in [0, 0.05) is 9.86 Å². The van der Waals surface area contributed by atoms with Crippen molar-refractivity contribution in [3.05, 3.63) is 45.3 Å². The van der Waals surface area contributed by atoms with Crippen molar-refractivity contribution in [3.8, 4) is 0 Å². The van der Waals surface area contributed by atoms with Crippen molar-refractivity contribution in [1.29, 1.82) is 0 Å². The Kier molecular flexibility index (Phi) is 3.80. The lowest BCUT2D eigenvalue weighted by Gasteiger charge is -2.08. The number of benzene rings is 1. The molecule has 98 valence electrons. The van der Waals surface area contributed by atoms with E-state index in [0.717, 1.165) is 9.15 Å². The summed E-state index contributed by atoms with van der Waals surface area (Å²) in [6, 6.07) is 5.30. The molecule has 0 saturated heterocycles. The third kappa shape index (κ3) is 2.58. The van der Waals surface area contributed by atoms with E-state index in [0.29, 0.717) is 16.5 Å². The number of aromatic nitrogens is 2. The SMILES string of the molecule is C=Cc1nn(CC(=O)OC)c(=O)c2cc(Br)ccc12. The van der Waals surface area contributed by atoms with Gasteiger partial charge in [-0.05, 0) is 18.2 Å². The third-order valence-corrected chi connectivity index (χ3v) is 3.14. The van der Waals surface area contributed by atoms with Gasteiger partial charge in [0.15, 0.2) is 0 Å². The summed E-state index contributed by atoms with van der Waals surface area (Å²) in [7, 11) is 1.26. The van der Waals surface area contributed by atoms with Crippen molar-refractivity contribution in [2.75, 3.05) is 7.11 Å². The van der Waals surface area contributed by atoms with Crippen LogP contribution >= 0.6 is 15.9 Å². The molecule has 19 heavy (non-hydrogen) atoms. The number of ether oxygens (including phenoxy) is 1. The fraction of sp³-hybridized carbons (Fsp3) is 0.154. The zero-order chi connectivity index (χ0) is 14.0. The van der Waals surface area contributed by atoms with Gasteiger partial charge >= 0.3 is 5.97 Å². The summed E-state index contributed by atoms with van der Waals surface area (Å²) in [5, 5.41) is 5.28. The molecule has 1 aromatic carbocycles. The van der Waals surface area contributed by atoms with Crippen molar-refractivity contribution in [1.82, 2.24) is 9.78 Å². The Morgan fingerprint density at radius 3 is 2.89 bits per heavy atom. The van der Waals surface area contributed by atoms with Crippen LogP contribution in [-0.4, -0.2) is 22.9 Å². The van der Waals surface area contributed by atoms with Crippen molar-refractivity contribution >= 4 is 38.7 Å². The van der Waals surface area contributed by atoms with Crippen LogP contribution in [0.3, 0.4) is 0 Å². The van der Waals surface area contributed by atoms with Crippen LogP contribution in [-0.2, 0) is 16.1 Å². The Balaban J connectivity index is 2.73. The fourth-order valence-electron chi connectivity index (χ4n) is 1.73. The highest BCUT2D eigenvalue weighted by molar-refractivity contribution is 9.10. The highest BCUT2D eigenvalue weighted by Gasteiger charge is 2.12. The number of hydrogen-bond acceptors (Lipinski definition) is 4. The van der Waals surface area contributed by atoms with Gasteiger partial charge in [0.05, 0.1) is 18.2 Å². The van der Waals surface area contributed by atoms with Crippen LogP contribution in [0.5, 0.6) is 0 Å². The zero-order valence-corrected chi connectivity index (χ0v) is 11.8. The van der Waals surface area contributed by atoms with Gasteiger partial charge in [-0.2, -0.15) is 5.10 Å². The Morgan fingerprint density at radius 2 is 2.26 bits per heavy atom. The maximum Gasteiger partial charge on any atom is 0.327 e. The van der Waals surface area contributed by atoms with Gasteiger partial charge in [-0.1, -0.05) is 28.6 Å². The Labute approximate surface area is 117 Å². The monoisotopic (exact) mass is 322 g/mol. The predicted molar refractivity (Wildman–Crippen MR) is 75.8 cm³/mol. The van der Waals surface area contributed by atoms with Crippen LogP contribution in [0.15, 0.2) is 34.0 Å². The summed E-state index contributed by atoms with van der Waals surface area (Å²) in [5.74, 6) is -0.529. The normalized spacial score (nSPS) is 10.4. The second-order valence-corrected chi connectivity index (χ2v) is 4.73. The molecule has 0 aliphatic carbocycles. The maximum atomic E-state index is 12.2. The molecule has 0 bridgehead atoms. The van der Waals surface area contributed by atoms with Crippen LogP contribution < -0.4 is 5.56 Å². The fourth-order valence-corrected chi connectivity index (χ4v) is 2.09. The zero-order valence-electron chi connectivity index (χ0n) is 10.2. The first-order valence-electron chi connectivity index (χ1n) is 5.46.